The topological polar surface area (TPSA) is 139 Å². The van der Waals surface area contributed by atoms with Crippen molar-refractivity contribution < 1.29 is 28.5 Å². The summed E-state index contributed by atoms with van der Waals surface area (Å²) >= 11 is 6.24. The van der Waals surface area contributed by atoms with E-state index in [-0.39, 0.29) is 36.1 Å². The van der Waals surface area contributed by atoms with Crippen molar-refractivity contribution in [1.82, 2.24) is 10.2 Å². The van der Waals surface area contributed by atoms with Gasteiger partial charge in [0.1, 0.15) is 11.5 Å². The van der Waals surface area contributed by atoms with Crippen LogP contribution in [0.25, 0.3) is 0 Å². The molecule has 0 aromatic heterocycles. The van der Waals surface area contributed by atoms with Crippen molar-refractivity contribution in [3.05, 3.63) is 87.9 Å². The monoisotopic (exact) mass is 603 g/mol. The number of rotatable bonds is 13. The molecule has 1 atom stereocenters. The van der Waals surface area contributed by atoms with Gasteiger partial charge < -0.3 is 25.5 Å². The molecule has 1 amide bonds. The molecule has 9 nitrogen and oxygen atoms in total. The fourth-order valence-electron chi connectivity index (χ4n) is 4.49. The van der Waals surface area contributed by atoms with Gasteiger partial charge in [-0.3, -0.25) is 9.52 Å². The minimum absolute atomic E-state index is 0.00229. The number of phenolic OH excluding ortho intramolecular Hbond substituents is 2. The van der Waals surface area contributed by atoms with Crippen molar-refractivity contribution in [2.24, 2.45) is 0 Å². The van der Waals surface area contributed by atoms with E-state index in [4.69, 9.17) is 11.6 Å². The first-order valence-electron chi connectivity index (χ1n) is 13.2. The lowest BCUT2D eigenvalue weighted by Crippen LogP contribution is -2.43. The third-order valence-electron chi connectivity index (χ3n) is 6.60. The first kappa shape index (κ1) is 32.2. The molecule has 3 aromatic rings. The fourth-order valence-corrected chi connectivity index (χ4v) is 5.29. The number of hydrogen-bond donors (Lipinski definition) is 5. The van der Waals surface area contributed by atoms with Crippen LogP contribution in [-0.2, 0) is 34.2 Å². The normalized spacial score (nSPS) is 12.6. The van der Waals surface area contributed by atoms with Crippen LogP contribution in [0.5, 0.6) is 11.5 Å². The van der Waals surface area contributed by atoms with Crippen LogP contribution < -0.4 is 10.0 Å². The molecule has 0 fully saturated rings. The van der Waals surface area contributed by atoms with E-state index in [2.05, 4.69) is 10.0 Å². The van der Waals surface area contributed by atoms with Crippen LogP contribution in [0.3, 0.4) is 0 Å². The highest BCUT2D eigenvalue weighted by molar-refractivity contribution is 7.92. The maximum atomic E-state index is 13.1. The standard InChI is InChI=1S/C30H38ClN3O6S/c1-5-34(19-23-9-11-24(35)16-25(23)31)29(38)14-20-7-6-8-21(13-20)17-30(2,3)32-18-28(37)22-10-12-27(36)26(15-22)33-41(4,39)40/h6-13,15-16,28,32-33,35-37H,5,14,17-19H2,1-4H3/t28-/m1/s1. The predicted octanol–water partition coefficient (Wildman–Crippen LogP) is 4.36. The summed E-state index contributed by atoms with van der Waals surface area (Å²) in [5.74, 6) is -0.189. The second-order valence-electron chi connectivity index (χ2n) is 10.8. The van der Waals surface area contributed by atoms with Crippen molar-refractivity contribution in [2.75, 3.05) is 24.1 Å². The summed E-state index contributed by atoms with van der Waals surface area (Å²) < 4.78 is 25.4. The zero-order valence-corrected chi connectivity index (χ0v) is 25.3. The van der Waals surface area contributed by atoms with Crippen molar-refractivity contribution in [1.29, 1.82) is 0 Å². The molecule has 0 spiro atoms. The first-order chi connectivity index (χ1) is 19.2. The van der Waals surface area contributed by atoms with E-state index in [1.165, 1.54) is 24.3 Å². The highest BCUT2D eigenvalue weighted by Crippen LogP contribution is 2.28. The molecule has 3 rings (SSSR count). The molecule has 3 aromatic carbocycles. The Bertz CT molecular complexity index is 1480. The number of halogens is 1. The Morgan fingerprint density at radius 3 is 2.41 bits per heavy atom. The molecule has 222 valence electrons. The number of anilines is 1. The Morgan fingerprint density at radius 1 is 1.05 bits per heavy atom. The smallest absolute Gasteiger partial charge is 0.229 e. The number of nitrogens with one attached hydrogen (secondary N) is 2. The molecule has 0 unspecified atom stereocenters. The van der Waals surface area contributed by atoms with Crippen LogP contribution in [0.1, 0.15) is 49.1 Å². The number of carbonyl (C=O) groups excluding carboxylic acids is 1. The van der Waals surface area contributed by atoms with Crippen LogP contribution in [-0.4, -0.2) is 59.4 Å². The predicted molar refractivity (Wildman–Crippen MR) is 162 cm³/mol. The van der Waals surface area contributed by atoms with Crippen LogP contribution in [0, 0.1) is 0 Å². The molecule has 41 heavy (non-hydrogen) atoms. The average Bonchev–Trinajstić information content (AvgIpc) is 2.87. The Kier molecular flexibility index (Phi) is 10.7. The molecule has 0 saturated carbocycles. The molecule has 0 aliphatic carbocycles. The van der Waals surface area contributed by atoms with E-state index in [9.17, 15) is 28.5 Å². The van der Waals surface area contributed by atoms with Crippen LogP contribution in [0.4, 0.5) is 5.69 Å². The van der Waals surface area contributed by atoms with Gasteiger partial charge in [-0.2, -0.15) is 0 Å². The largest absolute Gasteiger partial charge is 0.508 e. The lowest BCUT2D eigenvalue weighted by atomic mass is 9.93. The number of amides is 1. The summed E-state index contributed by atoms with van der Waals surface area (Å²) in [5.41, 5.74) is 2.71. The molecule has 0 saturated heterocycles. The Balaban J connectivity index is 1.61. The molecule has 0 aliphatic heterocycles. The number of aliphatic hydroxyl groups is 1. The second-order valence-corrected chi connectivity index (χ2v) is 12.9. The summed E-state index contributed by atoms with van der Waals surface area (Å²) in [6.07, 6.45) is 0.895. The zero-order chi connectivity index (χ0) is 30.4. The van der Waals surface area contributed by atoms with Crippen molar-refractivity contribution in [2.45, 2.75) is 51.8 Å². The van der Waals surface area contributed by atoms with Gasteiger partial charge >= 0.3 is 0 Å². The zero-order valence-electron chi connectivity index (χ0n) is 23.7. The third-order valence-corrected chi connectivity index (χ3v) is 7.54. The Hall–Kier alpha value is -3.31. The van der Waals surface area contributed by atoms with Gasteiger partial charge in [-0.1, -0.05) is 48.0 Å². The van der Waals surface area contributed by atoms with E-state index in [1.54, 1.807) is 17.0 Å². The van der Waals surface area contributed by atoms with Crippen molar-refractivity contribution >= 4 is 33.2 Å². The van der Waals surface area contributed by atoms with Crippen molar-refractivity contribution in [3.8, 4) is 11.5 Å². The maximum Gasteiger partial charge on any atom is 0.229 e. The molecule has 11 heteroatoms. The van der Waals surface area contributed by atoms with Crippen LogP contribution in [0.2, 0.25) is 5.02 Å². The highest BCUT2D eigenvalue weighted by atomic mass is 35.5. The van der Waals surface area contributed by atoms with Crippen LogP contribution >= 0.6 is 11.6 Å². The highest BCUT2D eigenvalue weighted by Gasteiger charge is 2.22. The van der Waals surface area contributed by atoms with Gasteiger partial charge in [0, 0.05) is 30.2 Å². The molecule has 0 aliphatic rings. The molecule has 0 bridgehead atoms. The molecule has 0 heterocycles. The quantitative estimate of drug-likeness (QED) is 0.183. The number of likely N-dealkylation sites (N-methyl/N-ethyl adjacent to an activating group) is 1. The van der Waals surface area contributed by atoms with E-state index < -0.39 is 21.7 Å². The van der Waals surface area contributed by atoms with Gasteiger partial charge in [0.15, 0.2) is 0 Å². The summed E-state index contributed by atoms with van der Waals surface area (Å²) in [6.45, 7) is 6.98. The molecule has 5 N–H and O–H groups in total. The van der Waals surface area contributed by atoms with Gasteiger partial charge in [0.25, 0.3) is 0 Å². The number of aliphatic hydroxyl groups excluding tert-OH is 1. The second kappa shape index (κ2) is 13.6. The lowest BCUT2D eigenvalue weighted by Gasteiger charge is -2.28. The Morgan fingerprint density at radius 2 is 1.76 bits per heavy atom. The summed E-state index contributed by atoms with van der Waals surface area (Å²) in [7, 11) is -3.59. The summed E-state index contributed by atoms with van der Waals surface area (Å²) in [4.78, 5) is 14.8. The van der Waals surface area contributed by atoms with E-state index in [1.807, 2.05) is 45.0 Å². The van der Waals surface area contributed by atoms with E-state index in [0.717, 1.165) is 22.9 Å². The number of aromatic hydroxyl groups is 2. The van der Waals surface area contributed by atoms with Gasteiger partial charge in [-0.25, -0.2) is 8.42 Å². The summed E-state index contributed by atoms with van der Waals surface area (Å²) in [5, 5.41) is 34.0. The number of hydrogen-bond acceptors (Lipinski definition) is 7. The van der Waals surface area contributed by atoms with Gasteiger partial charge in [0.05, 0.1) is 24.5 Å². The summed E-state index contributed by atoms with van der Waals surface area (Å²) in [6, 6.07) is 16.8. The van der Waals surface area contributed by atoms with Crippen LogP contribution in [0.15, 0.2) is 60.7 Å². The minimum atomic E-state index is -3.59. The number of sulfonamides is 1. The van der Waals surface area contributed by atoms with E-state index in [0.29, 0.717) is 30.1 Å². The lowest BCUT2D eigenvalue weighted by molar-refractivity contribution is -0.130. The van der Waals surface area contributed by atoms with Gasteiger partial charge in [0.2, 0.25) is 15.9 Å². The fraction of sp³-hybridized carbons (Fsp3) is 0.367. The minimum Gasteiger partial charge on any atom is -0.508 e. The molecular weight excluding hydrogens is 566 g/mol. The number of phenols is 2. The van der Waals surface area contributed by atoms with E-state index >= 15 is 0 Å². The Labute approximate surface area is 246 Å². The molecule has 0 radical (unpaired) electrons. The van der Waals surface area contributed by atoms with Gasteiger partial charge in [-0.15, -0.1) is 0 Å². The number of β-amino-alcohol motifs (C(OH)–C–C–N with tert-alkyl or cyclic N) is 1. The van der Waals surface area contributed by atoms with Gasteiger partial charge in [-0.05, 0) is 73.7 Å². The van der Waals surface area contributed by atoms with Crippen molar-refractivity contribution in [3.63, 3.8) is 0 Å². The SMILES string of the molecule is CCN(Cc1ccc(O)cc1Cl)C(=O)Cc1cccc(CC(C)(C)NC[C@@H](O)c2ccc(O)c(NS(C)(=O)=O)c2)c1. The number of nitrogens with zero attached hydrogens (tertiary/aromatic N) is 1. The number of carbonyl (C=O) groups is 1. The average molecular weight is 604 g/mol. The third kappa shape index (κ3) is 9.93. The molecular formula is C30H38ClN3O6S. The first-order valence-corrected chi connectivity index (χ1v) is 15.5. The number of benzene rings is 3. The maximum absolute atomic E-state index is 13.1.